The molecule has 50 heavy (non-hydrogen) atoms. The van der Waals surface area contributed by atoms with Crippen molar-refractivity contribution in [1.29, 1.82) is 0 Å². The van der Waals surface area contributed by atoms with Crippen LogP contribution in [-0.2, 0) is 0 Å². The highest BCUT2D eigenvalue weighted by atomic mass is 15.1. The predicted octanol–water partition coefficient (Wildman–Crippen LogP) is 13.3. The van der Waals surface area contributed by atoms with E-state index in [4.69, 9.17) is 6.85 Å². The summed E-state index contributed by atoms with van der Waals surface area (Å²) in [4.78, 5) is 2.30. The van der Waals surface area contributed by atoms with Crippen molar-refractivity contribution < 1.29 is 6.85 Å². The van der Waals surface area contributed by atoms with Gasteiger partial charge >= 0.3 is 0 Å². The van der Waals surface area contributed by atoms with Gasteiger partial charge in [0.15, 0.2) is 0 Å². The number of hydrogen-bond donors (Lipinski definition) is 0. The highest BCUT2D eigenvalue weighted by Crippen LogP contribution is 2.45. The van der Waals surface area contributed by atoms with Gasteiger partial charge in [0, 0.05) is 33.4 Å². The van der Waals surface area contributed by atoms with E-state index in [0.717, 1.165) is 56.0 Å². The van der Waals surface area contributed by atoms with Crippen LogP contribution in [0, 0.1) is 0 Å². The van der Waals surface area contributed by atoms with E-state index in [1.54, 1.807) is 0 Å². The van der Waals surface area contributed by atoms with Crippen molar-refractivity contribution in [3.8, 4) is 39.1 Å². The quantitative estimate of drug-likeness (QED) is 0.168. The smallest absolute Gasteiger partial charge is 0.0629 e. The molecule has 0 aliphatic carbocycles. The lowest BCUT2D eigenvalue weighted by atomic mass is 9.96. The van der Waals surface area contributed by atoms with Crippen LogP contribution in [0.25, 0.3) is 60.9 Å². The molecule has 0 bridgehead atoms. The molecule has 0 atom stereocenters. The van der Waals surface area contributed by atoms with Crippen molar-refractivity contribution in [2.24, 2.45) is 0 Å². The molecule has 9 aromatic rings. The van der Waals surface area contributed by atoms with Gasteiger partial charge in [0.2, 0.25) is 0 Å². The van der Waals surface area contributed by atoms with E-state index in [0.29, 0.717) is 5.56 Å². The van der Waals surface area contributed by atoms with Gasteiger partial charge in [-0.05, 0) is 82.4 Å². The first-order chi connectivity index (χ1) is 26.9. The average Bonchev–Trinajstić information content (AvgIpc) is 3.58. The highest BCUT2D eigenvalue weighted by Gasteiger charge is 2.21. The molecular weight excluding hydrogens is 605 g/mol. The second-order valence-corrected chi connectivity index (χ2v) is 12.2. The van der Waals surface area contributed by atoms with Crippen LogP contribution in [0.5, 0.6) is 0 Å². The van der Waals surface area contributed by atoms with E-state index < -0.39 is 6.04 Å². The zero-order valence-electron chi connectivity index (χ0n) is 32.1. The lowest BCUT2D eigenvalue weighted by Crippen LogP contribution is -2.11. The van der Waals surface area contributed by atoms with Gasteiger partial charge in [-0.25, -0.2) is 0 Å². The number of aromatic nitrogens is 1. The molecule has 1 heterocycles. The van der Waals surface area contributed by atoms with Crippen LogP contribution >= 0.6 is 0 Å². The number of fused-ring (bicyclic) bond motifs is 3. The molecule has 0 saturated carbocycles. The standard InChI is InChI=1S/C48H34N2/c1-4-15-35(16-5-1)36-27-29-37(30-28-36)38-31-33-41(34-32-38)49(39-17-6-2-7-18-39)45-24-12-10-21-42(45)43-23-14-26-47-48(43)44-22-11-13-25-46(44)50(47)40-19-8-3-9-20-40/h1-34H/i1D,4D,5D,15D,16D. The Morgan fingerprint density at radius 1 is 0.400 bits per heavy atom. The summed E-state index contributed by atoms with van der Waals surface area (Å²) in [6, 6.07) is 59.2. The molecule has 2 heteroatoms. The third-order valence-electron chi connectivity index (χ3n) is 9.29. The molecule has 2 nitrogen and oxygen atoms in total. The van der Waals surface area contributed by atoms with Crippen LogP contribution in [-0.4, -0.2) is 4.57 Å². The zero-order chi connectivity index (χ0) is 37.6. The Morgan fingerprint density at radius 2 is 0.940 bits per heavy atom. The lowest BCUT2D eigenvalue weighted by molar-refractivity contribution is 1.18. The fraction of sp³-hybridized carbons (Fsp3) is 0. The summed E-state index contributed by atoms with van der Waals surface area (Å²) in [7, 11) is 0. The molecule has 236 valence electrons. The van der Waals surface area contributed by atoms with Gasteiger partial charge in [-0.1, -0.05) is 152 Å². The molecule has 0 aliphatic rings. The maximum Gasteiger partial charge on any atom is 0.0629 e. The van der Waals surface area contributed by atoms with Gasteiger partial charge in [-0.2, -0.15) is 0 Å². The number of rotatable bonds is 7. The molecule has 1 aromatic heterocycles. The molecule has 0 fully saturated rings. The molecule has 0 radical (unpaired) electrons. The van der Waals surface area contributed by atoms with Crippen molar-refractivity contribution >= 4 is 38.9 Å². The van der Waals surface area contributed by atoms with Crippen LogP contribution < -0.4 is 4.90 Å². The topological polar surface area (TPSA) is 8.17 Å². The van der Waals surface area contributed by atoms with E-state index in [1.807, 2.05) is 36.4 Å². The second kappa shape index (κ2) is 12.8. The number of anilines is 3. The van der Waals surface area contributed by atoms with Crippen molar-refractivity contribution in [1.82, 2.24) is 4.57 Å². The van der Waals surface area contributed by atoms with Gasteiger partial charge in [0.05, 0.1) is 23.6 Å². The minimum atomic E-state index is -0.393. The maximum atomic E-state index is 8.40. The lowest BCUT2D eigenvalue weighted by Gasteiger charge is -2.28. The number of hydrogen-bond acceptors (Lipinski definition) is 1. The van der Waals surface area contributed by atoms with Gasteiger partial charge in [0.1, 0.15) is 0 Å². The van der Waals surface area contributed by atoms with E-state index in [1.165, 1.54) is 10.8 Å². The third-order valence-corrected chi connectivity index (χ3v) is 9.29. The number of para-hydroxylation sites is 4. The van der Waals surface area contributed by atoms with Crippen LogP contribution in [0.15, 0.2) is 206 Å². The Kier molecular flexibility index (Phi) is 6.25. The van der Waals surface area contributed by atoms with Crippen molar-refractivity contribution in [2.75, 3.05) is 4.90 Å². The van der Waals surface area contributed by atoms with Gasteiger partial charge in [-0.3, -0.25) is 0 Å². The van der Waals surface area contributed by atoms with Gasteiger partial charge in [-0.15, -0.1) is 0 Å². The predicted molar refractivity (Wildman–Crippen MR) is 212 cm³/mol. The fourth-order valence-corrected chi connectivity index (χ4v) is 7.03. The Balaban J connectivity index is 1.15. The summed E-state index contributed by atoms with van der Waals surface area (Å²) < 4.78 is 43.3. The normalized spacial score (nSPS) is 12.6. The molecule has 0 unspecified atom stereocenters. The second-order valence-electron chi connectivity index (χ2n) is 12.2. The van der Waals surface area contributed by atoms with E-state index in [2.05, 4.69) is 149 Å². The molecule has 0 N–H and O–H groups in total. The van der Waals surface area contributed by atoms with Crippen LogP contribution in [0.1, 0.15) is 6.85 Å². The van der Waals surface area contributed by atoms with Crippen molar-refractivity contribution in [3.63, 3.8) is 0 Å². The Labute approximate surface area is 299 Å². The van der Waals surface area contributed by atoms with Crippen LogP contribution in [0.3, 0.4) is 0 Å². The molecule has 0 aliphatic heterocycles. The van der Waals surface area contributed by atoms with Crippen molar-refractivity contribution in [2.45, 2.75) is 0 Å². The fourth-order valence-electron chi connectivity index (χ4n) is 7.03. The SMILES string of the molecule is [2H]c1c([2H])c([2H])c(-c2ccc(-c3ccc(N(c4ccccc4)c4ccccc4-c4cccc5c4c4ccccc4n5-c4ccccc4)cc3)cc2)c([2H])c1[2H]. The Hall–Kier alpha value is -6.64. The molecule has 0 amide bonds. The highest BCUT2D eigenvalue weighted by molar-refractivity contribution is 6.17. The van der Waals surface area contributed by atoms with Gasteiger partial charge in [0.25, 0.3) is 0 Å². The van der Waals surface area contributed by atoms with Crippen LogP contribution in [0.4, 0.5) is 17.1 Å². The first kappa shape index (κ1) is 24.5. The molecule has 9 rings (SSSR count). The number of nitrogens with zero attached hydrogens (tertiary/aromatic N) is 2. The third kappa shape index (κ3) is 5.24. The molecule has 0 saturated heterocycles. The summed E-state index contributed by atoms with van der Waals surface area (Å²) in [6.07, 6.45) is 0. The Morgan fingerprint density at radius 3 is 1.68 bits per heavy atom. The monoisotopic (exact) mass is 643 g/mol. The minimum Gasteiger partial charge on any atom is -0.310 e. The molecule has 0 spiro atoms. The summed E-state index contributed by atoms with van der Waals surface area (Å²) in [5, 5.41) is 2.39. The minimum absolute atomic E-state index is 0.199. The van der Waals surface area contributed by atoms with Gasteiger partial charge < -0.3 is 9.47 Å². The zero-order valence-corrected chi connectivity index (χ0v) is 27.1. The number of benzene rings is 8. The first-order valence-corrected chi connectivity index (χ1v) is 16.7. The first-order valence-electron chi connectivity index (χ1n) is 19.2. The van der Waals surface area contributed by atoms with E-state index in [-0.39, 0.29) is 29.7 Å². The van der Waals surface area contributed by atoms with Crippen molar-refractivity contribution in [3.05, 3.63) is 206 Å². The van der Waals surface area contributed by atoms with E-state index >= 15 is 0 Å². The molecular formula is C48H34N2. The molecule has 8 aromatic carbocycles. The summed E-state index contributed by atoms with van der Waals surface area (Å²) in [6.45, 7) is 0. The van der Waals surface area contributed by atoms with Crippen LogP contribution in [0.2, 0.25) is 0 Å². The largest absolute Gasteiger partial charge is 0.310 e. The summed E-state index contributed by atoms with van der Waals surface area (Å²) in [5.74, 6) is 0. The Bertz CT molecular complexity index is 2820. The maximum absolute atomic E-state index is 8.40. The summed E-state index contributed by atoms with van der Waals surface area (Å²) >= 11 is 0. The summed E-state index contributed by atoms with van der Waals surface area (Å²) in [5.41, 5.74) is 11.5. The average molecular weight is 644 g/mol. The van der Waals surface area contributed by atoms with E-state index in [9.17, 15) is 0 Å².